The van der Waals surface area contributed by atoms with Crippen LogP contribution in [-0.2, 0) is 9.53 Å². The van der Waals surface area contributed by atoms with E-state index in [4.69, 9.17) is 27.9 Å². The van der Waals surface area contributed by atoms with Crippen LogP contribution in [0.3, 0.4) is 0 Å². The van der Waals surface area contributed by atoms with Crippen molar-refractivity contribution in [3.05, 3.63) is 63.9 Å². The van der Waals surface area contributed by atoms with Gasteiger partial charge in [0.2, 0.25) is 6.10 Å². The maximum absolute atomic E-state index is 12.8. The number of carbonyl (C=O) groups excluding carboxylic acids is 2. The van der Waals surface area contributed by atoms with Crippen molar-refractivity contribution < 1.29 is 14.3 Å². The Morgan fingerprint density at radius 2 is 1.80 bits per heavy atom. The summed E-state index contributed by atoms with van der Waals surface area (Å²) in [5, 5.41) is 0.254. The molecule has 1 atom stereocenters. The highest BCUT2D eigenvalue weighted by molar-refractivity contribution is 6.41. The lowest BCUT2D eigenvalue weighted by Crippen LogP contribution is -2.34. The van der Waals surface area contributed by atoms with Crippen LogP contribution in [0.4, 0.5) is 0 Å². The Bertz CT molecular complexity index is 777. The number of amides is 1. The Morgan fingerprint density at radius 3 is 2.44 bits per heavy atom. The van der Waals surface area contributed by atoms with Crippen LogP contribution in [0.25, 0.3) is 0 Å². The maximum Gasteiger partial charge on any atom is 0.340 e. The molecule has 0 unspecified atom stereocenters. The average Bonchev–Trinajstić information content (AvgIpc) is 3.16. The third-order valence-corrected chi connectivity index (χ3v) is 4.69. The molecule has 3 rings (SSSR count). The van der Waals surface area contributed by atoms with Gasteiger partial charge in [-0.25, -0.2) is 9.78 Å². The van der Waals surface area contributed by atoms with Crippen LogP contribution in [0.15, 0.2) is 42.6 Å². The van der Waals surface area contributed by atoms with Crippen LogP contribution < -0.4 is 0 Å². The Hall–Kier alpha value is -2.11. The second-order valence-electron chi connectivity index (χ2n) is 5.73. The smallest absolute Gasteiger partial charge is 0.340 e. The zero-order valence-electron chi connectivity index (χ0n) is 13.3. The maximum atomic E-state index is 12.8. The van der Waals surface area contributed by atoms with E-state index in [9.17, 15) is 9.59 Å². The SMILES string of the molecule is O=C(O[C@@H](C(=O)N1CCCC1)c1ccccc1)c1cnc(Cl)c(Cl)c1. The van der Waals surface area contributed by atoms with E-state index in [2.05, 4.69) is 4.98 Å². The quantitative estimate of drug-likeness (QED) is 0.597. The van der Waals surface area contributed by atoms with Gasteiger partial charge in [0.25, 0.3) is 5.91 Å². The second kappa shape index (κ2) is 7.85. The number of likely N-dealkylation sites (tertiary alicyclic amines) is 1. The number of pyridine rings is 1. The first kappa shape index (κ1) is 17.7. The summed E-state index contributed by atoms with van der Waals surface area (Å²) in [6.45, 7) is 1.35. The van der Waals surface area contributed by atoms with Crippen molar-refractivity contribution in [1.82, 2.24) is 9.88 Å². The third-order valence-electron chi connectivity index (χ3n) is 4.00. The average molecular weight is 379 g/mol. The van der Waals surface area contributed by atoms with Gasteiger partial charge >= 0.3 is 5.97 Å². The Labute approximate surface area is 155 Å². The van der Waals surface area contributed by atoms with Crippen LogP contribution in [-0.4, -0.2) is 34.8 Å². The predicted octanol–water partition coefficient (Wildman–Crippen LogP) is 3.91. The molecule has 1 aromatic carbocycles. The number of rotatable bonds is 4. The first-order valence-electron chi connectivity index (χ1n) is 7.92. The molecule has 0 bridgehead atoms. The van der Waals surface area contributed by atoms with Gasteiger partial charge in [0.15, 0.2) is 0 Å². The van der Waals surface area contributed by atoms with Crippen molar-refractivity contribution in [2.24, 2.45) is 0 Å². The van der Waals surface area contributed by atoms with Crippen LogP contribution in [0.2, 0.25) is 10.2 Å². The van der Waals surface area contributed by atoms with Crippen molar-refractivity contribution >= 4 is 35.1 Å². The van der Waals surface area contributed by atoms with Gasteiger partial charge in [-0.2, -0.15) is 0 Å². The molecule has 2 heterocycles. The standard InChI is InChI=1S/C18H16Cl2N2O3/c19-14-10-13(11-21-16(14)20)18(24)25-15(12-6-2-1-3-7-12)17(23)22-8-4-5-9-22/h1-3,6-7,10-11,15H,4-5,8-9H2/t15-/m1/s1. The molecule has 7 heteroatoms. The van der Waals surface area contributed by atoms with Gasteiger partial charge in [-0.1, -0.05) is 53.5 Å². The molecule has 0 N–H and O–H groups in total. The molecule has 130 valence electrons. The fraction of sp³-hybridized carbons (Fsp3) is 0.278. The number of ether oxygens (including phenoxy) is 1. The van der Waals surface area contributed by atoms with E-state index in [1.165, 1.54) is 12.3 Å². The fourth-order valence-corrected chi connectivity index (χ4v) is 2.97. The van der Waals surface area contributed by atoms with Crippen molar-refractivity contribution in [3.8, 4) is 0 Å². The van der Waals surface area contributed by atoms with Crippen molar-refractivity contribution in [3.63, 3.8) is 0 Å². The largest absolute Gasteiger partial charge is 0.444 e. The predicted molar refractivity (Wildman–Crippen MR) is 94.7 cm³/mol. The molecule has 1 fully saturated rings. The molecule has 25 heavy (non-hydrogen) atoms. The monoisotopic (exact) mass is 378 g/mol. The molecule has 5 nitrogen and oxygen atoms in total. The lowest BCUT2D eigenvalue weighted by atomic mass is 10.1. The minimum Gasteiger partial charge on any atom is -0.444 e. The molecule has 2 aromatic rings. The van der Waals surface area contributed by atoms with E-state index < -0.39 is 12.1 Å². The van der Waals surface area contributed by atoms with Crippen LogP contribution in [0.1, 0.15) is 34.9 Å². The molecular formula is C18H16Cl2N2O3. The lowest BCUT2D eigenvalue weighted by molar-refractivity contribution is -0.140. The number of esters is 1. The van der Waals surface area contributed by atoms with Crippen molar-refractivity contribution in [1.29, 1.82) is 0 Å². The summed E-state index contributed by atoms with van der Waals surface area (Å²) in [5.74, 6) is -0.891. The van der Waals surface area contributed by atoms with Gasteiger partial charge in [-0.05, 0) is 18.9 Å². The second-order valence-corrected chi connectivity index (χ2v) is 6.49. The molecule has 1 aliphatic heterocycles. The Morgan fingerprint density at radius 1 is 1.12 bits per heavy atom. The zero-order chi connectivity index (χ0) is 17.8. The van der Waals surface area contributed by atoms with Gasteiger partial charge in [0, 0.05) is 24.8 Å². The summed E-state index contributed by atoms with van der Waals surface area (Å²) in [5.41, 5.74) is 0.769. The first-order valence-corrected chi connectivity index (χ1v) is 8.67. The normalized spacial score (nSPS) is 15.0. The van der Waals surface area contributed by atoms with Gasteiger partial charge in [0.1, 0.15) is 5.15 Å². The van der Waals surface area contributed by atoms with E-state index in [1.54, 1.807) is 29.2 Å². The van der Waals surface area contributed by atoms with Crippen molar-refractivity contribution in [2.75, 3.05) is 13.1 Å². The number of hydrogen-bond donors (Lipinski definition) is 0. The number of aromatic nitrogens is 1. The van der Waals surface area contributed by atoms with E-state index in [0.717, 1.165) is 12.8 Å². The highest BCUT2D eigenvalue weighted by Crippen LogP contribution is 2.25. The van der Waals surface area contributed by atoms with Gasteiger partial charge in [0.05, 0.1) is 10.6 Å². The third kappa shape index (κ3) is 4.11. The minimum absolute atomic E-state index is 0.103. The number of hydrogen-bond acceptors (Lipinski definition) is 4. The summed E-state index contributed by atoms with van der Waals surface area (Å²) in [4.78, 5) is 30.9. The number of benzene rings is 1. The minimum atomic E-state index is -0.999. The first-order chi connectivity index (χ1) is 12.1. The van der Waals surface area contributed by atoms with Gasteiger partial charge in [-0.15, -0.1) is 0 Å². The summed E-state index contributed by atoms with van der Waals surface area (Å²) in [7, 11) is 0. The fourth-order valence-electron chi connectivity index (χ4n) is 2.70. The van der Waals surface area contributed by atoms with E-state index in [0.29, 0.717) is 18.7 Å². The molecule has 0 saturated carbocycles. The highest BCUT2D eigenvalue weighted by Gasteiger charge is 2.31. The van der Waals surface area contributed by atoms with Crippen LogP contribution in [0, 0.1) is 0 Å². The van der Waals surface area contributed by atoms with E-state index in [-0.39, 0.29) is 21.6 Å². The van der Waals surface area contributed by atoms with Gasteiger partial charge in [-0.3, -0.25) is 4.79 Å². The molecule has 1 aromatic heterocycles. The van der Waals surface area contributed by atoms with E-state index >= 15 is 0 Å². The zero-order valence-corrected chi connectivity index (χ0v) is 14.8. The molecule has 1 aliphatic rings. The van der Waals surface area contributed by atoms with Crippen molar-refractivity contribution in [2.45, 2.75) is 18.9 Å². The highest BCUT2D eigenvalue weighted by atomic mass is 35.5. The van der Waals surface area contributed by atoms with E-state index in [1.807, 2.05) is 6.07 Å². The molecule has 0 aliphatic carbocycles. The summed E-state index contributed by atoms with van der Waals surface area (Å²) >= 11 is 11.7. The summed E-state index contributed by atoms with van der Waals surface area (Å²) < 4.78 is 5.52. The number of halogens is 2. The lowest BCUT2D eigenvalue weighted by Gasteiger charge is -2.23. The number of carbonyl (C=O) groups is 2. The Balaban J connectivity index is 1.85. The molecular weight excluding hydrogens is 363 g/mol. The van der Waals surface area contributed by atoms with Crippen LogP contribution >= 0.6 is 23.2 Å². The number of nitrogens with zero attached hydrogens (tertiary/aromatic N) is 2. The molecule has 1 amide bonds. The molecule has 0 radical (unpaired) electrons. The molecule has 0 spiro atoms. The summed E-state index contributed by atoms with van der Waals surface area (Å²) in [6.07, 6.45) is 2.19. The summed E-state index contributed by atoms with van der Waals surface area (Å²) in [6, 6.07) is 10.3. The van der Waals surface area contributed by atoms with Gasteiger partial charge < -0.3 is 9.64 Å². The molecule has 1 saturated heterocycles. The van der Waals surface area contributed by atoms with Crippen LogP contribution in [0.5, 0.6) is 0 Å². The topological polar surface area (TPSA) is 59.5 Å². The Kier molecular flexibility index (Phi) is 5.56.